The van der Waals surface area contributed by atoms with E-state index < -0.39 is 29.8 Å². The molecule has 0 rings (SSSR count). The van der Waals surface area contributed by atoms with Crippen molar-refractivity contribution in [2.45, 2.75) is 34.6 Å². The number of carbonyl (C=O) groups is 5. The third-order valence-electron chi connectivity index (χ3n) is 0. The van der Waals surface area contributed by atoms with E-state index in [0.717, 1.165) is 34.6 Å². The molecule has 0 amide bonds. The van der Waals surface area contributed by atoms with Crippen molar-refractivity contribution < 1.29 is 111 Å². The standard InChI is InChI=1S/5C2H4O2.Cu.Fe.Hg/c5*1-2(3)4;;;/h5*1H3,(H,3,4);;;/q;;;;;2*+2;+1/p-5. The molecular formula is C10H15CuFeHgO10. The topological polar surface area (TPSA) is 201 Å². The number of carboxylic acid groups (broad SMARTS) is 5. The summed E-state index contributed by atoms with van der Waals surface area (Å²) in [5.41, 5.74) is 0. The van der Waals surface area contributed by atoms with Crippen LogP contribution in [0.25, 0.3) is 0 Å². The fraction of sp³-hybridized carbons (Fsp3) is 0.500. The summed E-state index contributed by atoms with van der Waals surface area (Å²) in [5.74, 6) is -5.42. The maximum Gasteiger partial charge on any atom is 2.00 e. The van der Waals surface area contributed by atoms with Gasteiger partial charge in [0, 0.05) is 29.8 Å². The van der Waals surface area contributed by atoms with Gasteiger partial charge in [-0.05, 0) is 34.6 Å². The van der Waals surface area contributed by atoms with Crippen LogP contribution in [0.15, 0.2) is 0 Å². The van der Waals surface area contributed by atoms with E-state index in [1.54, 1.807) is 0 Å². The fourth-order valence-electron chi connectivity index (χ4n) is 0. The molecular weight excluding hydrogens is 600 g/mol. The monoisotopic (exact) mass is 616 g/mol. The van der Waals surface area contributed by atoms with Crippen LogP contribution in [0, 0.1) is 0 Å². The van der Waals surface area contributed by atoms with Gasteiger partial charge in [-0.2, -0.15) is 0 Å². The molecule has 0 aliphatic carbocycles. The van der Waals surface area contributed by atoms with E-state index >= 15 is 0 Å². The Morgan fingerprint density at radius 1 is 0.478 bits per heavy atom. The molecule has 136 valence electrons. The third kappa shape index (κ3) is 17400. The van der Waals surface area contributed by atoms with Crippen LogP contribution >= 0.6 is 0 Å². The third-order valence-corrected chi connectivity index (χ3v) is 0. The van der Waals surface area contributed by atoms with Gasteiger partial charge in [-0.25, -0.2) is 0 Å². The summed E-state index contributed by atoms with van der Waals surface area (Å²) in [5, 5.41) is 44.4. The average Bonchev–Trinajstić information content (AvgIpc) is 1.94. The van der Waals surface area contributed by atoms with Crippen LogP contribution < -0.4 is 25.5 Å². The van der Waals surface area contributed by atoms with Gasteiger partial charge in [0.05, 0.1) is 0 Å². The first-order chi connectivity index (χ1) is 8.66. The summed E-state index contributed by atoms with van der Waals surface area (Å²) >= 11 is 0. The molecule has 10 nitrogen and oxygen atoms in total. The molecule has 0 aliphatic rings. The van der Waals surface area contributed by atoms with E-state index in [9.17, 15) is 0 Å². The second kappa shape index (κ2) is 42.9. The van der Waals surface area contributed by atoms with Crippen molar-refractivity contribution in [2.24, 2.45) is 0 Å². The Labute approximate surface area is 175 Å². The summed E-state index contributed by atoms with van der Waals surface area (Å²) in [7, 11) is 0. The number of hydrogen-bond donors (Lipinski definition) is 0. The van der Waals surface area contributed by atoms with Crippen molar-refractivity contribution in [3.8, 4) is 0 Å². The van der Waals surface area contributed by atoms with Crippen molar-refractivity contribution in [3.63, 3.8) is 0 Å². The molecule has 0 atom stereocenters. The first-order valence-electron chi connectivity index (χ1n) is 4.54. The van der Waals surface area contributed by atoms with Crippen molar-refractivity contribution in [3.05, 3.63) is 0 Å². The Bertz CT molecular complexity index is 222. The number of carbonyl (C=O) groups excluding carboxylic acids is 5. The molecule has 0 heterocycles. The summed E-state index contributed by atoms with van der Waals surface area (Å²) in [4.78, 5) is 44.4. The largest absolute Gasteiger partial charge is 2.00 e. The first-order valence-corrected chi connectivity index (χ1v) is 4.54. The molecule has 13 heteroatoms. The number of hydrogen-bond acceptors (Lipinski definition) is 10. The molecule has 0 unspecified atom stereocenters. The quantitative estimate of drug-likeness (QED) is 0.236. The van der Waals surface area contributed by atoms with E-state index in [2.05, 4.69) is 0 Å². The van der Waals surface area contributed by atoms with Crippen molar-refractivity contribution in [1.82, 2.24) is 0 Å². The predicted octanol–water partition coefficient (Wildman–Crippen LogP) is -6.23. The molecule has 0 bridgehead atoms. The van der Waals surface area contributed by atoms with Gasteiger partial charge in [0.2, 0.25) is 0 Å². The SMILES string of the molecule is CC(=O)[O-].CC(=O)[O-].CC(=O)[O-].CC(=O)[O-].CC(=O)[O-].[Cu+2].[Fe+2].[Hg+]. The van der Waals surface area contributed by atoms with Gasteiger partial charge >= 0.3 is 61.8 Å². The van der Waals surface area contributed by atoms with E-state index in [0.29, 0.717) is 0 Å². The molecule has 0 aromatic carbocycles. The second-order valence-electron chi connectivity index (χ2n) is 2.46. The zero-order chi connectivity index (χ0) is 17.9. The van der Waals surface area contributed by atoms with E-state index in [1.807, 2.05) is 0 Å². The maximum absolute atomic E-state index is 8.89. The van der Waals surface area contributed by atoms with Gasteiger partial charge in [-0.15, -0.1) is 0 Å². The summed E-state index contributed by atoms with van der Waals surface area (Å²) in [6.07, 6.45) is 0. The van der Waals surface area contributed by atoms with Gasteiger partial charge in [-0.1, -0.05) is 0 Å². The van der Waals surface area contributed by atoms with Gasteiger partial charge in [0.15, 0.2) is 0 Å². The normalized spacial score (nSPS) is 5.43. The van der Waals surface area contributed by atoms with E-state index in [-0.39, 0.29) is 61.8 Å². The van der Waals surface area contributed by atoms with Crippen LogP contribution in [0.1, 0.15) is 34.6 Å². The van der Waals surface area contributed by atoms with Crippen molar-refractivity contribution in [1.29, 1.82) is 0 Å². The molecule has 0 aromatic rings. The van der Waals surface area contributed by atoms with E-state index in [1.165, 1.54) is 0 Å². The molecule has 0 fully saturated rings. The summed E-state index contributed by atoms with van der Waals surface area (Å²) < 4.78 is 0. The van der Waals surface area contributed by atoms with Gasteiger partial charge in [0.1, 0.15) is 0 Å². The average molecular weight is 615 g/mol. The molecule has 0 aromatic heterocycles. The minimum Gasteiger partial charge on any atom is -0.550 e. The minimum absolute atomic E-state index is 0. The predicted molar refractivity (Wildman–Crippen MR) is 53.4 cm³/mol. The minimum atomic E-state index is -1.08. The Kier molecular flexibility index (Phi) is 92.3. The molecule has 0 N–H and O–H groups in total. The van der Waals surface area contributed by atoms with Crippen LogP contribution in [0.3, 0.4) is 0 Å². The fourth-order valence-corrected chi connectivity index (χ4v) is 0. The zero-order valence-electron chi connectivity index (χ0n) is 12.9. The second-order valence-corrected chi connectivity index (χ2v) is 2.46. The number of rotatable bonds is 0. The first kappa shape index (κ1) is 49.5. The Morgan fingerprint density at radius 3 is 0.478 bits per heavy atom. The molecule has 0 aliphatic heterocycles. The van der Waals surface area contributed by atoms with Gasteiger partial charge in [0.25, 0.3) is 0 Å². The van der Waals surface area contributed by atoms with Crippen molar-refractivity contribution in [2.75, 3.05) is 0 Å². The summed E-state index contributed by atoms with van der Waals surface area (Å²) in [6, 6.07) is 0. The smallest absolute Gasteiger partial charge is 0.550 e. The molecule has 23 heavy (non-hydrogen) atoms. The molecule has 0 spiro atoms. The van der Waals surface area contributed by atoms with Crippen LogP contribution in [0.4, 0.5) is 0 Å². The number of carboxylic acids is 5. The van der Waals surface area contributed by atoms with Crippen molar-refractivity contribution >= 4 is 29.8 Å². The molecule has 0 saturated carbocycles. The number of aliphatic carboxylic acids is 5. The Balaban J connectivity index is -0.0000000197. The molecule has 0 saturated heterocycles. The van der Waals surface area contributed by atoms with Crippen LogP contribution in [0.5, 0.6) is 0 Å². The molecule has 2 radical (unpaired) electrons. The maximum atomic E-state index is 8.89. The van der Waals surface area contributed by atoms with Gasteiger partial charge < -0.3 is 49.5 Å². The Morgan fingerprint density at radius 2 is 0.478 bits per heavy atom. The Hall–Kier alpha value is -0.676. The zero-order valence-corrected chi connectivity index (χ0v) is 20.5. The van der Waals surface area contributed by atoms with E-state index in [4.69, 9.17) is 49.5 Å². The van der Waals surface area contributed by atoms with Crippen LogP contribution in [-0.4, -0.2) is 29.8 Å². The summed E-state index contributed by atoms with van der Waals surface area (Å²) in [6.45, 7) is 4.86. The van der Waals surface area contributed by atoms with Crippen LogP contribution in [-0.2, 0) is 85.8 Å². The van der Waals surface area contributed by atoms with Gasteiger partial charge in [-0.3, -0.25) is 0 Å². The van der Waals surface area contributed by atoms with Crippen LogP contribution in [0.2, 0.25) is 0 Å².